The van der Waals surface area contributed by atoms with E-state index in [-0.39, 0.29) is 17.7 Å². The van der Waals surface area contributed by atoms with Crippen LogP contribution in [0.2, 0.25) is 0 Å². The largest absolute Gasteiger partial charge is 0.457 e. The van der Waals surface area contributed by atoms with Gasteiger partial charge in [0.1, 0.15) is 12.4 Å². The first-order chi connectivity index (χ1) is 9.20. The number of halogens is 1. The van der Waals surface area contributed by atoms with Crippen LogP contribution in [0.4, 0.5) is 4.39 Å². The van der Waals surface area contributed by atoms with Crippen LogP contribution < -0.4 is 0 Å². The molecule has 2 rings (SSSR count). The quantitative estimate of drug-likeness (QED) is 0.625. The van der Waals surface area contributed by atoms with E-state index in [0.29, 0.717) is 6.29 Å². The summed E-state index contributed by atoms with van der Waals surface area (Å²) in [6.07, 6.45) is 0.397. The van der Waals surface area contributed by atoms with Crippen LogP contribution in [0.1, 0.15) is 26.3 Å². The molecular formula is C15H11FO3. The zero-order chi connectivity index (χ0) is 13.7. The first kappa shape index (κ1) is 13.0. The van der Waals surface area contributed by atoms with Gasteiger partial charge in [-0.25, -0.2) is 9.18 Å². The molecule has 0 aromatic heterocycles. The van der Waals surface area contributed by atoms with E-state index >= 15 is 0 Å². The Morgan fingerprint density at radius 2 is 1.89 bits per heavy atom. The van der Waals surface area contributed by atoms with Crippen LogP contribution >= 0.6 is 0 Å². The number of benzene rings is 2. The third kappa shape index (κ3) is 3.25. The smallest absolute Gasteiger partial charge is 0.338 e. The maximum Gasteiger partial charge on any atom is 0.338 e. The normalized spacial score (nSPS) is 9.95. The molecule has 96 valence electrons. The van der Waals surface area contributed by atoms with Crippen molar-refractivity contribution in [3.63, 3.8) is 0 Å². The zero-order valence-electron chi connectivity index (χ0n) is 10.0. The Morgan fingerprint density at radius 3 is 2.53 bits per heavy atom. The van der Waals surface area contributed by atoms with Crippen LogP contribution in [-0.2, 0) is 11.3 Å². The van der Waals surface area contributed by atoms with Crippen molar-refractivity contribution in [3.05, 3.63) is 71.0 Å². The molecular weight excluding hydrogens is 247 g/mol. The molecule has 0 atom stereocenters. The van der Waals surface area contributed by atoms with Crippen molar-refractivity contribution in [2.24, 2.45) is 0 Å². The monoisotopic (exact) mass is 258 g/mol. The highest BCUT2D eigenvalue weighted by Gasteiger charge is 2.10. The van der Waals surface area contributed by atoms with E-state index in [2.05, 4.69) is 0 Å². The summed E-state index contributed by atoms with van der Waals surface area (Å²) in [5.41, 5.74) is 0.847. The molecule has 0 N–H and O–H groups in total. The van der Waals surface area contributed by atoms with E-state index < -0.39 is 11.8 Å². The fourth-order valence-corrected chi connectivity index (χ4v) is 1.56. The predicted molar refractivity (Wildman–Crippen MR) is 67.3 cm³/mol. The maximum absolute atomic E-state index is 13.3. The average Bonchev–Trinajstić information content (AvgIpc) is 2.45. The lowest BCUT2D eigenvalue weighted by molar-refractivity contribution is 0.0472. The highest BCUT2D eigenvalue weighted by molar-refractivity contribution is 5.90. The first-order valence-corrected chi connectivity index (χ1v) is 5.66. The minimum absolute atomic E-state index is 0.0824. The molecule has 0 radical (unpaired) electrons. The second-order valence-electron chi connectivity index (χ2n) is 3.92. The van der Waals surface area contributed by atoms with Crippen LogP contribution in [0.15, 0.2) is 48.5 Å². The Morgan fingerprint density at radius 1 is 1.16 bits per heavy atom. The molecule has 3 nitrogen and oxygen atoms in total. The number of esters is 1. The van der Waals surface area contributed by atoms with Gasteiger partial charge in [0.25, 0.3) is 0 Å². The highest BCUT2D eigenvalue weighted by atomic mass is 19.1. The first-order valence-electron chi connectivity index (χ1n) is 5.66. The van der Waals surface area contributed by atoms with Gasteiger partial charge < -0.3 is 4.74 Å². The molecule has 0 aliphatic heterocycles. The molecule has 0 aliphatic carbocycles. The van der Waals surface area contributed by atoms with Crippen molar-refractivity contribution < 1.29 is 18.7 Å². The summed E-state index contributed by atoms with van der Waals surface area (Å²) < 4.78 is 18.4. The molecule has 4 heteroatoms. The Kier molecular flexibility index (Phi) is 4.03. The molecule has 19 heavy (non-hydrogen) atoms. The molecule has 0 saturated carbocycles. The topological polar surface area (TPSA) is 43.4 Å². The lowest BCUT2D eigenvalue weighted by Crippen LogP contribution is -2.06. The molecule has 0 fully saturated rings. The molecule has 0 amide bonds. The molecule has 2 aromatic rings. The summed E-state index contributed by atoms with van der Waals surface area (Å²) in [5, 5.41) is 0. The molecule has 0 bridgehead atoms. The Labute approximate surface area is 109 Å². The number of hydrogen-bond acceptors (Lipinski definition) is 3. The highest BCUT2D eigenvalue weighted by Crippen LogP contribution is 2.11. The van der Waals surface area contributed by atoms with Gasteiger partial charge in [0.15, 0.2) is 6.29 Å². The zero-order valence-corrected chi connectivity index (χ0v) is 10.0. The maximum atomic E-state index is 13.3. The van der Waals surface area contributed by atoms with Gasteiger partial charge in [0.05, 0.1) is 11.1 Å². The summed E-state index contributed by atoms with van der Waals surface area (Å²) in [6, 6.07) is 12.8. The van der Waals surface area contributed by atoms with Gasteiger partial charge in [-0.3, -0.25) is 4.79 Å². The van der Waals surface area contributed by atoms with Crippen LogP contribution in [0, 0.1) is 5.82 Å². The van der Waals surface area contributed by atoms with Gasteiger partial charge in [-0.05, 0) is 23.8 Å². The van der Waals surface area contributed by atoms with Crippen molar-refractivity contribution in [1.82, 2.24) is 0 Å². The van der Waals surface area contributed by atoms with Gasteiger partial charge in [-0.1, -0.05) is 30.3 Å². The standard InChI is InChI=1S/C15H11FO3/c16-14-8-12(6-7-13(14)9-17)15(18)19-10-11-4-2-1-3-5-11/h1-9H,10H2. The second kappa shape index (κ2) is 5.91. The number of rotatable bonds is 4. The van der Waals surface area contributed by atoms with E-state index in [0.717, 1.165) is 11.6 Å². The van der Waals surface area contributed by atoms with Crippen molar-refractivity contribution in [2.75, 3.05) is 0 Å². The van der Waals surface area contributed by atoms with Crippen LogP contribution in [-0.4, -0.2) is 12.3 Å². The fourth-order valence-electron chi connectivity index (χ4n) is 1.56. The average molecular weight is 258 g/mol. The predicted octanol–water partition coefficient (Wildman–Crippen LogP) is 3.00. The summed E-state index contributed by atoms with van der Waals surface area (Å²) in [6.45, 7) is 0.122. The molecule has 2 aromatic carbocycles. The molecule has 0 saturated heterocycles. The van der Waals surface area contributed by atoms with Crippen LogP contribution in [0.3, 0.4) is 0 Å². The number of carbonyl (C=O) groups excluding carboxylic acids is 2. The Hall–Kier alpha value is -2.49. The number of ether oxygens (including phenoxy) is 1. The number of hydrogen-bond donors (Lipinski definition) is 0. The van der Waals surface area contributed by atoms with Crippen LogP contribution in [0.5, 0.6) is 0 Å². The second-order valence-corrected chi connectivity index (χ2v) is 3.92. The minimum atomic E-state index is -0.732. The van der Waals surface area contributed by atoms with Crippen molar-refractivity contribution in [3.8, 4) is 0 Å². The summed E-state index contributed by atoms with van der Waals surface area (Å²) in [4.78, 5) is 22.2. The van der Waals surface area contributed by atoms with Gasteiger partial charge >= 0.3 is 5.97 Å². The Bertz CT molecular complexity index is 594. The fraction of sp³-hybridized carbons (Fsp3) is 0.0667. The van der Waals surface area contributed by atoms with Crippen LogP contribution in [0.25, 0.3) is 0 Å². The van der Waals surface area contributed by atoms with Crippen molar-refractivity contribution >= 4 is 12.3 Å². The van der Waals surface area contributed by atoms with E-state index in [1.807, 2.05) is 30.3 Å². The van der Waals surface area contributed by atoms with Gasteiger partial charge in [-0.15, -0.1) is 0 Å². The van der Waals surface area contributed by atoms with E-state index in [1.165, 1.54) is 12.1 Å². The van der Waals surface area contributed by atoms with Gasteiger partial charge in [0.2, 0.25) is 0 Å². The lowest BCUT2D eigenvalue weighted by Gasteiger charge is -2.05. The summed E-state index contributed by atoms with van der Waals surface area (Å²) in [7, 11) is 0. The van der Waals surface area contributed by atoms with Gasteiger partial charge in [0, 0.05) is 0 Å². The van der Waals surface area contributed by atoms with E-state index in [4.69, 9.17) is 4.74 Å². The van der Waals surface area contributed by atoms with Crippen molar-refractivity contribution in [1.29, 1.82) is 0 Å². The van der Waals surface area contributed by atoms with E-state index in [9.17, 15) is 14.0 Å². The van der Waals surface area contributed by atoms with E-state index in [1.54, 1.807) is 0 Å². The minimum Gasteiger partial charge on any atom is -0.457 e. The summed E-state index contributed by atoms with van der Waals surface area (Å²) in [5.74, 6) is -1.36. The summed E-state index contributed by atoms with van der Waals surface area (Å²) >= 11 is 0. The van der Waals surface area contributed by atoms with Gasteiger partial charge in [-0.2, -0.15) is 0 Å². The SMILES string of the molecule is O=Cc1ccc(C(=O)OCc2ccccc2)cc1F. The third-order valence-electron chi connectivity index (χ3n) is 2.58. The lowest BCUT2D eigenvalue weighted by atomic mass is 10.1. The molecule has 0 unspecified atom stereocenters. The molecule has 0 aliphatic rings. The Balaban J connectivity index is 2.04. The number of carbonyl (C=O) groups is 2. The molecule has 0 heterocycles. The molecule has 0 spiro atoms. The number of aldehydes is 1. The third-order valence-corrected chi connectivity index (χ3v) is 2.58. The van der Waals surface area contributed by atoms with Crippen molar-refractivity contribution in [2.45, 2.75) is 6.61 Å².